The van der Waals surface area contributed by atoms with Gasteiger partial charge in [0.05, 0.1) is 0 Å². The van der Waals surface area contributed by atoms with Gasteiger partial charge in [0, 0.05) is 43.3 Å². The molecular weight excluding hydrogens is 348 g/mol. The predicted octanol–water partition coefficient (Wildman–Crippen LogP) is 4.80. The van der Waals surface area contributed by atoms with Gasteiger partial charge in [-0.3, -0.25) is 0 Å². The van der Waals surface area contributed by atoms with Crippen LogP contribution in [0.4, 0.5) is 10.5 Å². The first kappa shape index (κ1) is 18.3. The van der Waals surface area contributed by atoms with Crippen LogP contribution in [0.1, 0.15) is 18.4 Å². The first-order valence-corrected chi connectivity index (χ1v) is 9.89. The molecule has 0 spiro atoms. The van der Waals surface area contributed by atoms with Crippen molar-refractivity contribution in [1.29, 1.82) is 0 Å². The molecule has 5 heteroatoms. The van der Waals surface area contributed by atoms with Crippen molar-refractivity contribution in [2.45, 2.75) is 26.3 Å². The molecule has 0 radical (unpaired) electrons. The molecule has 2 aromatic carbocycles. The Balaban J connectivity index is 1.33. The van der Waals surface area contributed by atoms with E-state index in [9.17, 15) is 4.79 Å². The maximum absolute atomic E-state index is 12.6. The lowest BCUT2D eigenvalue weighted by Crippen LogP contribution is -2.41. The Bertz CT molecular complexity index is 927. The topological polar surface area (TPSA) is 50.2 Å². The van der Waals surface area contributed by atoms with Gasteiger partial charge >= 0.3 is 6.03 Å². The van der Waals surface area contributed by atoms with Crippen LogP contribution in [0.15, 0.2) is 67.0 Å². The van der Waals surface area contributed by atoms with E-state index in [1.165, 1.54) is 0 Å². The molecule has 3 aromatic rings. The third kappa shape index (κ3) is 4.09. The summed E-state index contributed by atoms with van der Waals surface area (Å²) in [5.74, 6) is 1.57. The monoisotopic (exact) mass is 374 g/mol. The number of likely N-dealkylation sites (tertiary alicyclic amines) is 1. The minimum Gasteiger partial charge on any atom is -0.331 e. The maximum atomic E-state index is 12.6. The van der Waals surface area contributed by atoms with E-state index in [1.807, 2.05) is 60.5 Å². The van der Waals surface area contributed by atoms with Crippen LogP contribution in [0.2, 0.25) is 0 Å². The summed E-state index contributed by atoms with van der Waals surface area (Å²) in [6.45, 7) is 4.53. The zero-order valence-corrected chi connectivity index (χ0v) is 16.2. The minimum atomic E-state index is 0.000329. The van der Waals surface area contributed by atoms with E-state index in [-0.39, 0.29) is 6.03 Å². The number of hydrogen-bond acceptors (Lipinski definition) is 2. The van der Waals surface area contributed by atoms with Crippen LogP contribution >= 0.6 is 0 Å². The van der Waals surface area contributed by atoms with E-state index in [0.717, 1.165) is 55.1 Å². The molecule has 1 N–H and O–H groups in total. The number of anilines is 1. The van der Waals surface area contributed by atoms with E-state index < -0.39 is 0 Å². The van der Waals surface area contributed by atoms with Crippen molar-refractivity contribution >= 4 is 11.7 Å². The largest absolute Gasteiger partial charge is 0.331 e. The Morgan fingerprint density at radius 1 is 1.07 bits per heavy atom. The maximum Gasteiger partial charge on any atom is 0.321 e. The molecule has 144 valence electrons. The molecule has 1 aliphatic heterocycles. The molecule has 2 amide bonds. The third-order valence-electron chi connectivity index (χ3n) is 5.49. The zero-order chi connectivity index (χ0) is 19.3. The summed E-state index contributed by atoms with van der Waals surface area (Å²) in [6, 6.07) is 18.2. The third-order valence-corrected chi connectivity index (χ3v) is 5.49. The number of nitrogens with one attached hydrogen (secondary N) is 1. The number of hydrogen-bond donors (Lipinski definition) is 1. The van der Waals surface area contributed by atoms with Gasteiger partial charge in [0.2, 0.25) is 0 Å². The summed E-state index contributed by atoms with van der Waals surface area (Å²) < 4.78 is 2.24. The fraction of sp³-hybridized carbons (Fsp3) is 0.304. The van der Waals surface area contributed by atoms with Gasteiger partial charge in [0.15, 0.2) is 0 Å². The fourth-order valence-corrected chi connectivity index (χ4v) is 3.81. The van der Waals surface area contributed by atoms with Gasteiger partial charge in [0.1, 0.15) is 5.82 Å². The van der Waals surface area contributed by atoms with E-state index in [2.05, 4.69) is 33.2 Å². The van der Waals surface area contributed by atoms with Crippen molar-refractivity contribution in [1.82, 2.24) is 14.5 Å². The van der Waals surface area contributed by atoms with E-state index in [0.29, 0.717) is 5.92 Å². The number of nitrogens with zero attached hydrogens (tertiary/aromatic N) is 3. The second-order valence-electron chi connectivity index (χ2n) is 7.44. The number of carbonyl (C=O) groups is 1. The highest BCUT2D eigenvalue weighted by Crippen LogP contribution is 2.24. The molecule has 5 nitrogen and oxygen atoms in total. The molecule has 1 saturated heterocycles. The lowest BCUT2D eigenvalue weighted by atomic mass is 9.96. The Morgan fingerprint density at radius 2 is 1.79 bits per heavy atom. The molecule has 2 heterocycles. The molecule has 4 rings (SSSR count). The predicted molar refractivity (Wildman–Crippen MR) is 112 cm³/mol. The number of amides is 2. The Morgan fingerprint density at radius 3 is 2.54 bits per heavy atom. The van der Waals surface area contributed by atoms with E-state index in [1.54, 1.807) is 0 Å². The van der Waals surface area contributed by atoms with Crippen molar-refractivity contribution in [2.75, 3.05) is 18.4 Å². The van der Waals surface area contributed by atoms with Gasteiger partial charge in [-0.2, -0.15) is 0 Å². The quantitative estimate of drug-likeness (QED) is 0.713. The molecular formula is C23H26N4O. The van der Waals surface area contributed by atoms with Crippen molar-refractivity contribution in [2.24, 2.45) is 5.92 Å². The second-order valence-corrected chi connectivity index (χ2v) is 7.44. The van der Waals surface area contributed by atoms with Crippen LogP contribution in [0, 0.1) is 12.8 Å². The van der Waals surface area contributed by atoms with Crippen molar-refractivity contribution in [3.63, 3.8) is 0 Å². The molecule has 1 aromatic heterocycles. The summed E-state index contributed by atoms with van der Waals surface area (Å²) in [5, 5.41) is 3.04. The van der Waals surface area contributed by atoms with Gasteiger partial charge in [-0.1, -0.05) is 48.5 Å². The average Bonchev–Trinajstić information content (AvgIpc) is 3.19. The molecule has 28 heavy (non-hydrogen) atoms. The molecule has 0 unspecified atom stereocenters. The Kier molecular flexibility index (Phi) is 5.42. The normalized spacial score (nSPS) is 14.8. The summed E-state index contributed by atoms with van der Waals surface area (Å²) >= 11 is 0. The number of aryl methyl sites for hydroxylation is 1. The summed E-state index contributed by atoms with van der Waals surface area (Å²) in [7, 11) is 0. The lowest BCUT2D eigenvalue weighted by Gasteiger charge is -2.32. The summed E-state index contributed by atoms with van der Waals surface area (Å²) in [5.41, 5.74) is 3.11. The number of urea groups is 1. The molecule has 1 aliphatic rings. The van der Waals surface area contributed by atoms with Crippen LogP contribution in [0.5, 0.6) is 0 Å². The molecule has 0 atom stereocenters. The van der Waals surface area contributed by atoms with E-state index in [4.69, 9.17) is 0 Å². The molecule has 0 bridgehead atoms. The number of imidazole rings is 1. The summed E-state index contributed by atoms with van der Waals surface area (Å²) in [4.78, 5) is 19.0. The smallest absolute Gasteiger partial charge is 0.321 e. The van der Waals surface area contributed by atoms with Crippen LogP contribution in [0.3, 0.4) is 0 Å². The van der Waals surface area contributed by atoms with Crippen molar-refractivity contribution in [3.05, 3.63) is 72.6 Å². The van der Waals surface area contributed by atoms with Crippen LogP contribution in [-0.4, -0.2) is 33.6 Å². The highest BCUT2D eigenvalue weighted by atomic mass is 16.2. The zero-order valence-electron chi connectivity index (χ0n) is 16.2. The second kappa shape index (κ2) is 8.30. The lowest BCUT2D eigenvalue weighted by molar-refractivity contribution is 0.177. The summed E-state index contributed by atoms with van der Waals surface area (Å²) in [6.07, 6.45) is 5.94. The first-order chi connectivity index (χ1) is 13.7. The number of rotatable bonds is 4. The van der Waals surface area contributed by atoms with Crippen LogP contribution in [-0.2, 0) is 6.54 Å². The van der Waals surface area contributed by atoms with Gasteiger partial charge in [0.25, 0.3) is 0 Å². The first-order valence-electron chi connectivity index (χ1n) is 9.89. The SMILES string of the molecule is Cc1ccccc1NC(=O)N1CCC(Cn2ccnc2-c2ccccc2)CC1. The van der Waals surface area contributed by atoms with Gasteiger partial charge in [-0.15, -0.1) is 0 Å². The standard InChI is InChI=1S/C23H26N4O/c1-18-7-5-6-10-21(18)25-23(28)26-14-11-19(12-15-26)17-27-16-13-24-22(27)20-8-3-2-4-9-20/h2-10,13,16,19H,11-12,14-15,17H2,1H3,(H,25,28). The Labute approximate surface area is 166 Å². The Hall–Kier alpha value is -3.08. The van der Waals surface area contributed by atoms with Crippen molar-refractivity contribution in [3.8, 4) is 11.4 Å². The van der Waals surface area contributed by atoms with E-state index >= 15 is 0 Å². The average molecular weight is 374 g/mol. The van der Waals surface area contributed by atoms with Crippen LogP contribution in [0.25, 0.3) is 11.4 Å². The number of aromatic nitrogens is 2. The van der Waals surface area contributed by atoms with Gasteiger partial charge in [-0.05, 0) is 37.3 Å². The fourth-order valence-electron chi connectivity index (χ4n) is 3.81. The number of para-hydroxylation sites is 1. The highest BCUT2D eigenvalue weighted by molar-refractivity contribution is 5.90. The molecule has 0 aliphatic carbocycles. The van der Waals surface area contributed by atoms with Gasteiger partial charge < -0.3 is 14.8 Å². The number of carbonyl (C=O) groups excluding carboxylic acids is 1. The molecule has 0 saturated carbocycles. The number of benzene rings is 2. The van der Waals surface area contributed by atoms with Gasteiger partial charge in [-0.25, -0.2) is 9.78 Å². The van der Waals surface area contributed by atoms with Crippen molar-refractivity contribution < 1.29 is 4.79 Å². The highest BCUT2D eigenvalue weighted by Gasteiger charge is 2.24. The number of piperidine rings is 1. The van der Waals surface area contributed by atoms with Crippen LogP contribution < -0.4 is 5.32 Å². The molecule has 1 fully saturated rings. The minimum absolute atomic E-state index is 0.000329.